The minimum Gasteiger partial charge on any atom is -0.306 e. The van der Waals surface area contributed by atoms with Gasteiger partial charge in [0.1, 0.15) is 0 Å². The van der Waals surface area contributed by atoms with E-state index in [4.69, 9.17) is 0 Å². The summed E-state index contributed by atoms with van der Waals surface area (Å²) in [5, 5.41) is 3.71. The van der Waals surface area contributed by atoms with Crippen LogP contribution < -0.4 is 5.32 Å². The zero-order valence-corrected chi connectivity index (χ0v) is 14.7. The van der Waals surface area contributed by atoms with Gasteiger partial charge < -0.3 is 5.32 Å². The van der Waals surface area contributed by atoms with Gasteiger partial charge in [-0.15, -0.1) is 0 Å². The van der Waals surface area contributed by atoms with Crippen LogP contribution in [0.5, 0.6) is 0 Å². The van der Waals surface area contributed by atoms with Crippen molar-refractivity contribution in [2.24, 2.45) is 0 Å². The van der Waals surface area contributed by atoms with Crippen molar-refractivity contribution >= 4 is 22.6 Å². The third-order valence-electron chi connectivity index (χ3n) is 4.26. The summed E-state index contributed by atoms with van der Waals surface area (Å²) in [6, 6.07) is 16.3. The minimum absolute atomic E-state index is 0.313. The van der Waals surface area contributed by atoms with Crippen LogP contribution in [0.1, 0.15) is 48.1 Å². The fraction of sp³-hybridized carbons (Fsp3) is 0.368. The Morgan fingerprint density at radius 1 is 1.00 bits per heavy atom. The molecule has 0 fully saturated rings. The van der Waals surface area contributed by atoms with Crippen molar-refractivity contribution in [2.75, 3.05) is 6.54 Å². The van der Waals surface area contributed by atoms with Crippen molar-refractivity contribution in [2.45, 2.75) is 38.6 Å². The number of nitrogens with one attached hydrogen (secondary N) is 1. The molecule has 1 N–H and O–H groups in total. The average molecular weight is 391 g/mol. The summed E-state index contributed by atoms with van der Waals surface area (Å²) < 4.78 is 1.29. The molecule has 1 unspecified atom stereocenters. The van der Waals surface area contributed by atoms with E-state index >= 15 is 0 Å². The summed E-state index contributed by atoms with van der Waals surface area (Å²) in [6.45, 7) is 3.27. The first-order valence-electron chi connectivity index (χ1n) is 7.88. The van der Waals surface area contributed by atoms with Gasteiger partial charge in [0.25, 0.3) is 0 Å². The summed E-state index contributed by atoms with van der Waals surface area (Å²) in [5.74, 6) is 0. The van der Waals surface area contributed by atoms with E-state index in [0.717, 1.165) is 13.0 Å². The molecule has 2 aromatic rings. The summed E-state index contributed by atoms with van der Waals surface area (Å²) in [4.78, 5) is 0. The molecule has 0 radical (unpaired) electrons. The van der Waals surface area contributed by atoms with E-state index in [9.17, 15) is 0 Å². The number of fused-ring (bicyclic) bond motifs is 1. The van der Waals surface area contributed by atoms with Gasteiger partial charge in [0.05, 0.1) is 6.04 Å². The van der Waals surface area contributed by atoms with Crippen molar-refractivity contribution in [3.05, 3.63) is 68.3 Å². The van der Waals surface area contributed by atoms with Crippen molar-refractivity contribution < 1.29 is 0 Å². The van der Waals surface area contributed by atoms with Crippen LogP contribution in [0.3, 0.4) is 0 Å². The molecule has 1 nitrogen and oxygen atoms in total. The summed E-state index contributed by atoms with van der Waals surface area (Å²) in [6.07, 6.45) is 4.98. The van der Waals surface area contributed by atoms with Gasteiger partial charge in [-0.05, 0) is 89.2 Å². The third-order valence-corrected chi connectivity index (χ3v) is 4.98. The second kappa shape index (κ2) is 6.93. The van der Waals surface area contributed by atoms with Gasteiger partial charge in [-0.3, -0.25) is 0 Å². The highest BCUT2D eigenvalue weighted by Gasteiger charge is 2.17. The van der Waals surface area contributed by atoms with E-state index in [0.29, 0.717) is 6.04 Å². The molecule has 0 heterocycles. The predicted octanol–water partition coefficient (Wildman–Crippen LogP) is 4.87. The number of hydrogen-bond acceptors (Lipinski definition) is 1. The Hall–Kier alpha value is -0.870. The summed E-state index contributed by atoms with van der Waals surface area (Å²) in [7, 11) is 0. The molecule has 2 aromatic carbocycles. The Labute approximate surface area is 141 Å². The smallest absolute Gasteiger partial charge is 0.0576 e. The van der Waals surface area contributed by atoms with Crippen molar-refractivity contribution in [1.29, 1.82) is 0 Å². The maximum atomic E-state index is 3.71. The van der Waals surface area contributed by atoms with Crippen LogP contribution in [0, 0.1) is 3.57 Å². The van der Waals surface area contributed by atoms with E-state index in [2.05, 4.69) is 77.3 Å². The van der Waals surface area contributed by atoms with Gasteiger partial charge in [-0.2, -0.15) is 0 Å². The van der Waals surface area contributed by atoms with Gasteiger partial charge in [-0.1, -0.05) is 37.3 Å². The molecule has 1 aliphatic carbocycles. The average Bonchev–Trinajstić information content (AvgIpc) is 2.97. The maximum Gasteiger partial charge on any atom is 0.0576 e. The topological polar surface area (TPSA) is 12.0 Å². The van der Waals surface area contributed by atoms with E-state index in [-0.39, 0.29) is 0 Å². The van der Waals surface area contributed by atoms with Gasteiger partial charge >= 0.3 is 0 Å². The van der Waals surface area contributed by atoms with Crippen LogP contribution in [0.2, 0.25) is 0 Å². The Bertz CT molecular complexity index is 603. The molecule has 0 spiro atoms. The normalized spacial score (nSPS) is 15.0. The highest BCUT2D eigenvalue weighted by molar-refractivity contribution is 14.1. The number of benzene rings is 2. The lowest BCUT2D eigenvalue weighted by molar-refractivity contribution is 0.598. The number of aryl methyl sites for hydroxylation is 2. The quantitative estimate of drug-likeness (QED) is 0.718. The second-order valence-corrected chi connectivity index (χ2v) is 7.07. The molecular formula is C19H22IN. The molecule has 0 saturated carbocycles. The van der Waals surface area contributed by atoms with E-state index < -0.39 is 0 Å². The first-order valence-corrected chi connectivity index (χ1v) is 8.96. The highest BCUT2D eigenvalue weighted by Crippen LogP contribution is 2.28. The number of rotatable bonds is 5. The SMILES string of the molecule is CCCNC(c1ccc(I)cc1)c1ccc2c(c1)CCC2. The molecular weight excluding hydrogens is 369 g/mol. The molecule has 3 rings (SSSR count). The minimum atomic E-state index is 0.313. The lowest BCUT2D eigenvalue weighted by Crippen LogP contribution is -2.23. The molecule has 21 heavy (non-hydrogen) atoms. The first-order chi connectivity index (χ1) is 10.3. The van der Waals surface area contributed by atoms with Gasteiger partial charge in [0.2, 0.25) is 0 Å². The molecule has 0 aliphatic heterocycles. The molecule has 2 heteroatoms. The molecule has 1 atom stereocenters. The van der Waals surface area contributed by atoms with E-state index in [1.165, 1.54) is 34.0 Å². The Kier molecular flexibility index (Phi) is 4.96. The maximum absolute atomic E-state index is 3.71. The van der Waals surface area contributed by atoms with Crippen LogP contribution in [0.4, 0.5) is 0 Å². The molecule has 110 valence electrons. The lowest BCUT2D eigenvalue weighted by Gasteiger charge is -2.20. The van der Waals surface area contributed by atoms with Crippen LogP contribution in [0.25, 0.3) is 0 Å². The van der Waals surface area contributed by atoms with Crippen molar-refractivity contribution in [3.8, 4) is 0 Å². The predicted molar refractivity (Wildman–Crippen MR) is 97.8 cm³/mol. The van der Waals surface area contributed by atoms with E-state index in [1.54, 1.807) is 11.1 Å². The first kappa shape index (κ1) is 15.0. The molecule has 0 amide bonds. The lowest BCUT2D eigenvalue weighted by atomic mass is 9.95. The largest absolute Gasteiger partial charge is 0.306 e. The van der Waals surface area contributed by atoms with Crippen LogP contribution >= 0.6 is 22.6 Å². The van der Waals surface area contributed by atoms with Crippen molar-refractivity contribution in [1.82, 2.24) is 5.32 Å². The number of halogens is 1. The monoisotopic (exact) mass is 391 g/mol. The van der Waals surface area contributed by atoms with Crippen LogP contribution in [0.15, 0.2) is 42.5 Å². The molecule has 0 saturated heterocycles. The van der Waals surface area contributed by atoms with Gasteiger partial charge in [-0.25, -0.2) is 0 Å². The Morgan fingerprint density at radius 2 is 1.71 bits per heavy atom. The number of hydrogen-bond donors (Lipinski definition) is 1. The highest BCUT2D eigenvalue weighted by atomic mass is 127. The Balaban J connectivity index is 1.93. The third kappa shape index (κ3) is 3.49. The van der Waals surface area contributed by atoms with Gasteiger partial charge in [0, 0.05) is 3.57 Å². The molecule has 1 aliphatic rings. The van der Waals surface area contributed by atoms with Crippen LogP contribution in [-0.2, 0) is 12.8 Å². The summed E-state index contributed by atoms with van der Waals surface area (Å²) >= 11 is 2.37. The Morgan fingerprint density at radius 3 is 2.48 bits per heavy atom. The zero-order chi connectivity index (χ0) is 14.7. The zero-order valence-electron chi connectivity index (χ0n) is 12.5. The molecule has 0 aromatic heterocycles. The van der Waals surface area contributed by atoms with E-state index in [1.807, 2.05) is 0 Å². The van der Waals surface area contributed by atoms with Gasteiger partial charge in [0.15, 0.2) is 0 Å². The molecule has 0 bridgehead atoms. The van der Waals surface area contributed by atoms with Crippen molar-refractivity contribution in [3.63, 3.8) is 0 Å². The fourth-order valence-corrected chi connectivity index (χ4v) is 3.50. The van der Waals surface area contributed by atoms with Crippen LogP contribution in [-0.4, -0.2) is 6.54 Å². The standard InChI is InChI=1S/C19H22IN/c1-2-12-21-19(15-8-10-18(20)11-9-15)17-7-6-14-4-3-5-16(14)13-17/h6-11,13,19,21H,2-5,12H2,1H3. The summed E-state index contributed by atoms with van der Waals surface area (Å²) in [5.41, 5.74) is 5.88. The fourth-order valence-electron chi connectivity index (χ4n) is 3.14. The second-order valence-electron chi connectivity index (χ2n) is 5.82.